The van der Waals surface area contributed by atoms with Crippen LogP contribution in [0.2, 0.25) is 0 Å². The van der Waals surface area contributed by atoms with Crippen molar-refractivity contribution in [2.45, 2.75) is 24.7 Å². The van der Waals surface area contributed by atoms with Gasteiger partial charge in [0.2, 0.25) is 11.1 Å². The first-order chi connectivity index (χ1) is 9.20. The molecule has 0 aromatic carbocycles. The second kappa shape index (κ2) is 6.83. The molecule has 1 amide bonds. The summed E-state index contributed by atoms with van der Waals surface area (Å²) in [7, 11) is 0. The van der Waals surface area contributed by atoms with Crippen molar-refractivity contribution in [2.75, 3.05) is 32.0 Å². The molecule has 19 heavy (non-hydrogen) atoms. The lowest BCUT2D eigenvalue weighted by molar-refractivity contribution is -0.135. The first-order valence-corrected chi connectivity index (χ1v) is 7.17. The number of morpholine rings is 1. The number of thioether (sulfide) groups is 1. The highest BCUT2D eigenvalue weighted by atomic mass is 32.2. The number of carbonyl (C=O) groups is 1. The zero-order chi connectivity index (χ0) is 13.7. The van der Waals surface area contributed by atoms with Gasteiger partial charge < -0.3 is 15.4 Å². The highest BCUT2D eigenvalue weighted by molar-refractivity contribution is 7.99. The van der Waals surface area contributed by atoms with E-state index in [-0.39, 0.29) is 12.0 Å². The molecule has 1 fully saturated rings. The molecule has 8 nitrogen and oxygen atoms in total. The quantitative estimate of drug-likeness (QED) is 0.691. The summed E-state index contributed by atoms with van der Waals surface area (Å²) < 4.78 is 7.02. The minimum atomic E-state index is 0.0856. The second-order valence-corrected chi connectivity index (χ2v) is 5.23. The third-order valence-electron chi connectivity index (χ3n) is 2.76. The first kappa shape index (κ1) is 14.2. The van der Waals surface area contributed by atoms with Crippen LogP contribution in [0.5, 0.6) is 0 Å². The fourth-order valence-electron chi connectivity index (χ4n) is 1.82. The molecule has 106 valence electrons. The Bertz CT molecular complexity index is 426. The van der Waals surface area contributed by atoms with E-state index in [1.165, 1.54) is 11.8 Å². The molecular weight excluding hydrogens is 268 g/mol. The standard InChI is InChI=1S/C10H18N6O2S/c1-8-6-15(4-5-18-8)9(17)7-19-10-12-13-14-16(10)3-2-11/h8H,2-7,11H2,1H3. The Balaban J connectivity index is 1.84. The van der Waals surface area contributed by atoms with Crippen LogP contribution in [0.15, 0.2) is 5.16 Å². The van der Waals surface area contributed by atoms with Gasteiger partial charge in [-0.2, -0.15) is 0 Å². The van der Waals surface area contributed by atoms with Gasteiger partial charge in [0, 0.05) is 19.6 Å². The number of nitrogens with zero attached hydrogens (tertiary/aromatic N) is 5. The molecular formula is C10H18N6O2S. The van der Waals surface area contributed by atoms with E-state index in [9.17, 15) is 4.79 Å². The van der Waals surface area contributed by atoms with Gasteiger partial charge in [-0.15, -0.1) is 5.10 Å². The van der Waals surface area contributed by atoms with Crippen LogP contribution in [0, 0.1) is 0 Å². The van der Waals surface area contributed by atoms with Gasteiger partial charge in [0.15, 0.2) is 0 Å². The number of ether oxygens (including phenoxy) is 1. The Hall–Kier alpha value is -1.19. The van der Waals surface area contributed by atoms with E-state index in [4.69, 9.17) is 10.5 Å². The summed E-state index contributed by atoms with van der Waals surface area (Å²) >= 11 is 1.34. The predicted octanol–water partition coefficient (Wildman–Crippen LogP) is -1.03. The lowest BCUT2D eigenvalue weighted by Crippen LogP contribution is -2.45. The van der Waals surface area contributed by atoms with Gasteiger partial charge in [-0.05, 0) is 17.4 Å². The Morgan fingerprint density at radius 3 is 3.21 bits per heavy atom. The zero-order valence-corrected chi connectivity index (χ0v) is 11.7. The molecule has 0 bridgehead atoms. The van der Waals surface area contributed by atoms with E-state index in [2.05, 4.69) is 15.5 Å². The number of nitrogens with two attached hydrogens (primary N) is 1. The van der Waals surface area contributed by atoms with Crippen LogP contribution in [-0.4, -0.2) is 69.1 Å². The molecule has 1 saturated heterocycles. The third kappa shape index (κ3) is 3.88. The van der Waals surface area contributed by atoms with Gasteiger partial charge in [0.05, 0.1) is 25.0 Å². The summed E-state index contributed by atoms with van der Waals surface area (Å²) in [5.41, 5.74) is 5.46. The highest BCUT2D eigenvalue weighted by Gasteiger charge is 2.21. The summed E-state index contributed by atoms with van der Waals surface area (Å²) in [6.07, 6.45) is 0.102. The maximum absolute atomic E-state index is 12.1. The van der Waals surface area contributed by atoms with Gasteiger partial charge in [-0.1, -0.05) is 11.8 Å². The fraction of sp³-hybridized carbons (Fsp3) is 0.800. The number of aromatic nitrogens is 4. The van der Waals surface area contributed by atoms with Crippen molar-refractivity contribution in [3.8, 4) is 0 Å². The van der Waals surface area contributed by atoms with Crippen LogP contribution in [0.1, 0.15) is 6.92 Å². The summed E-state index contributed by atoms with van der Waals surface area (Å²) in [5.74, 6) is 0.417. The summed E-state index contributed by atoms with van der Waals surface area (Å²) in [5, 5.41) is 11.9. The predicted molar refractivity (Wildman–Crippen MR) is 69.6 cm³/mol. The van der Waals surface area contributed by atoms with E-state index >= 15 is 0 Å². The minimum Gasteiger partial charge on any atom is -0.375 e. The molecule has 1 aliphatic heterocycles. The van der Waals surface area contributed by atoms with Crippen molar-refractivity contribution in [3.63, 3.8) is 0 Å². The monoisotopic (exact) mass is 286 g/mol. The summed E-state index contributed by atoms with van der Waals surface area (Å²) in [6, 6.07) is 0. The number of amides is 1. The minimum absolute atomic E-state index is 0.0856. The van der Waals surface area contributed by atoms with E-state index in [1.807, 2.05) is 11.8 Å². The molecule has 0 saturated carbocycles. The van der Waals surface area contributed by atoms with Gasteiger partial charge >= 0.3 is 0 Å². The van der Waals surface area contributed by atoms with Crippen LogP contribution in [0.25, 0.3) is 0 Å². The van der Waals surface area contributed by atoms with Crippen molar-refractivity contribution < 1.29 is 9.53 Å². The lowest BCUT2D eigenvalue weighted by atomic mass is 10.3. The number of rotatable bonds is 5. The van der Waals surface area contributed by atoms with Crippen LogP contribution < -0.4 is 5.73 Å². The molecule has 2 heterocycles. The van der Waals surface area contributed by atoms with Crippen LogP contribution >= 0.6 is 11.8 Å². The molecule has 1 aromatic rings. The van der Waals surface area contributed by atoms with E-state index in [1.54, 1.807) is 4.68 Å². The largest absolute Gasteiger partial charge is 0.375 e. The number of hydrogen-bond acceptors (Lipinski definition) is 7. The zero-order valence-electron chi connectivity index (χ0n) is 10.9. The molecule has 1 atom stereocenters. The van der Waals surface area contributed by atoms with Crippen LogP contribution in [0.3, 0.4) is 0 Å². The Morgan fingerprint density at radius 2 is 2.47 bits per heavy atom. The van der Waals surface area contributed by atoms with E-state index < -0.39 is 0 Å². The van der Waals surface area contributed by atoms with Crippen molar-refractivity contribution in [1.82, 2.24) is 25.1 Å². The molecule has 2 rings (SSSR count). The highest BCUT2D eigenvalue weighted by Crippen LogP contribution is 2.15. The van der Waals surface area contributed by atoms with Gasteiger partial charge in [0.25, 0.3) is 0 Å². The maximum atomic E-state index is 12.1. The Morgan fingerprint density at radius 1 is 1.63 bits per heavy atom. The number of hydrogen-bond donors (Lipinski definition) is 1. The Labute approximate surface area is 115 Å². The van der Waals surface area contributed by atoms with Gasteiger partial charge in [-0.3, -0.25) is 4.79 Å². The smallest absolute Gasteiger partial charge is 0.233 e. The summed E-state index contributed by atoms with van der Waals surface area (Å²) in [4.78, 5) is 13.9. The van der Waals surface area contributed by atoms with E-state index in [0.717, 1.165) is 0 Å². The molecule has 0 radical (unpaired) electrons. The van der Waals surface area contributed by atoms with Crippen molar-refractivity contribution in [3.05, 3.63) is 0 Å². The molecule has 2 N–H and O–H groups in total. The van der Waals surface area contributed by atoms with Gasteiger partial charge in [0.1, 0.15) is 0 Å². The number of tetrazole rings is 1. The van der Waals surface area contributed by atoms with Crippen molar-refractivity contribution in [2.24, 2.45) is 5.73 Å². The average Bonchev–Trinajstić information content (AvgIpc) is 2.84. The van der Waals surface area contributed by atoms with Crippen LogP contribution in [-0.2, 0) is 16.1 Å². The average molecular weight is 286 g/mol. The van der Waals surface area contributed by atoms with Crippen molar-refractivity contribution in [1.29, 1.82) is 0 Å². The molecule has 9 heteroatoms. The molecule has 1 aromatic heterocycles. The van der Waals surface area contributed by atoms with E-state index in [0.29, 0.717) is 43.7 Å². The topological polar surface area (TPSA) is 99.2 Å². The Kier molecular flexibility index (Phi) is 5.11. The summed E-state index contributed by atoms with van der Waals surface area (Å²) in [6.45, 7) is 4.88. The first-order valence-electron chi connectivity index (χ1n) is 6.19. The normalized spacial score (nSPS) is 19.7. The molecule has 0 aliphatic carbocycles. The molecule has 0 spiro atoms. The van der Waals surface area contributed by atoms with Gasteiger partial charge in [-0.25, -0.2) is 4.68 Å². The van der Waals surface area contributed by atoms with Crippen molar-refractivity contribution >= 4 is 17.7 Å². The molecule has 1 unspecified atom stereocenters. The third-order valence-corrected chi connectivity index (χ3v) is 3.70. The fourth-order valence-corrected chi connectivity index (χ4v) is 2.63. The maximum Gasteiger partial charge on any atom is 0.233 e. The SMILES string of the molecule is CC1CN(C(=O)CSc2nnnn2CCN)CCO1. The van der Waals surface area contributed by atoms with Crippen LogP contribution in [0.4, 0.5) is 0 Å². The second-order valence-electron chi connectivity index (χ2n) is 4.28. The molecule has 1 aliphatic rings. The lowest BCUT2D eigenvalue weighted by Gasteiger charge is -2.31. The number of carbonyl (C=O) groups excluding carboxylic acids is 1.